The van der Waals surface area contributed by atoms with E-state index in [2.05, 4.69) is 14.4 Å². The lowest BCUT2D eigenvalue weighted by Gasteiger charge is -2.08. The number of para-hydroxylation sites is 1. The van der Waals surface area contributed by atoms with Gasteiger partial charge in [0.05, 0.1) is 26.5 Å². The number of oxime groups is 1. The van der Waals surface area contributed by atoms with Crippen molar-refractivity contribution in [1.29, 1.82) is 0 Å². The first-order chi connectivity index (χ1) is 11.7. The van der Waals surface area contributed by atoms with E-state index in [1.807, 2.05) is 24.3 Å². The molecule has 0 amide bonds. The summed E-state index contributed by atoms with van der Waals surface area (Å²) in [6.45, 7) is 0. The molecule has 2 aromatic carbocycles. The zero-order valence-electron chi connectivity index (χ0n) is 12.5. The van der Waals surface area contributed by atoms with Crippen molar-refractivity contribution < 1.29 is 12.7 Å². The molecule has 0 saturated carbocycles. The van der Waals surface area contributed by atoms with Crippen molar-refractivity contribution in [2.45, 2.75) is 0 Å². The van der Waals surface area contributed by atoms with Gasteiger partial charge >= 0.3 is 10.1 Å². The van der Waals surface area contributed by atoms with Crippen LogP contribution < -0.4 is 0 Å². The Kier molecular flexibility index (Phi) is 5.22. The minimum absolute atomic E-state index is 0.110. The first-order valence-electron chi connectivity index (χ1n) is 6.72. The molecule has 3 aromatic rings. The van der Waals surface area contributed by atoms with Crippen LogP contribution in [0, 0.1) is 0 Å². The Balaban J connectivity index is 2.23. The first-order valence-corrected chi connectivity index (χ1v) is 10.5. The summed E-state index contributed by atoms with van der Waals surface area (Å²) in [5.74, 6) is 0. The standard InChI is InChI=1S/C15H9Cl3N2O3S2/c1-25(21,22)23-20-14(13-9(17)6-8(16)7-10(13)18)15-19-11-4-2-3-5-12(11)24-15/h2-7H,1H3/b20-14+. The highest BCUT2D eigenvalue weighted by molar-refractivity contribution is 7.85. The molecule has 0 fully saturated rings. The van der Waals surface area contributed by atoms with Crippen molar-refractivity contribution in [3.05, 3.63) is 62.0 Å². The van der Waals surface area contributed by atoms with Gasteiger partial charge in [0.1, 0.15) is 5.01 Å². The number of rotatable bonds is 4. The maximum absolute atomic E-state index is 11.4. The number of benzene rings is 2. The highest BCUT2D eigenvalue weighted by Crippen LogP contribution is 2.33. The highest BCUT2D eigenvalue weighted by atomic mass is 35.5. The predicted octanol–water partition coefficient (Wildman–Crippen LogP) is 4.99. The van der Waals surface area contributed by atoms with Crippen LogP contribution in [-0.4, -0.2) is 25.4 Å². The van der Waals surface area contributed by atoms with Gasteiger partial charge in [-0.3, -0.25) is 4.28 Å². The van der Waals surface area contributed by atoms with Gasteiger partial charge in [-0.1, -0.05) is 52.1 Å². The molecule has 25 heavy (non-hydrogen) atoms. The molecule has 0 saturated heterocycles. The number of aromatic nitrogens is 1. The molecule has 0 spiro atoms. The van der Waals surface area contributed by atoms with Gasteiger partial charge in [0.25, 0.3) is 0 Å². The summed E-state index contributed by atoms with van der Waals surface area (Å²) < 4.78 is 28.2. The van der Waals surface area contributed by atoms with E-state index in [0.29, 0.717) is 10.0 Å². The fourth-order valence-corrected chi connectivity index (χ4v) is 4.20. The van der Waals surface area contributed by atoms with Crippen molar-refractivity contribution in [2.75, 3.05) is 6.26 Å². The molecule has 0 aliphatic heterocycles. The molecule has 0 bridgehead atoms. The third-order valence-corrected chi connectivity index (χ3v) is 5.21. The van der Waals surface area contributed by atoms with Gasteiger partial charge in [-0.15, -0.1) is 11.3 Å². The minimum atomic E-state index is -3.82. The van der Waals surface area contributed by atoms with E-state index in [4.69, 9.17) is 34.8 Å². The van der Waals surface area contributed by atoms with Crippen molar-refractivity contribution in [3.63, 3.8) is 0 Å². The van der Waals surface area contributed by atoms with E-state index in [0.717, 1.165) is 16.5 Å². The van der Waals surface area contributed by atoms with Gasteiger partial charge < -0.3 is 0 Å². The molecular weight excluding hydrogens is 427 g/mol. The molecule has 0 aliphatic carbocycles. The van der Waals surface area contributed by atoms with Gasteiger partial charge in [0.2, 0.25) is 0 Å². The summed E-state index contributed by atoms with van der Waals surface area (Å²) in [6.07, 6.45) is 0.886. The van der Waals surface area contributed by atoms with Gasteiger partial charge in [0, 0.05) is 10.6 Å². The maximum atomic E-state index is 11.4. The molecule has 10 heteroatoms. The Labute approximate surface area is 162 Å². The van der Waals surface area contributed by atoms with Gasteiger partial charge in [0.15, 0.2) is 5.71 Å². The summed E-state index contributed by atoms with van der Waals surface area (Å²) in [7, 11) is -3.82. The summed E-state index contributed by atoms with van der Waals surface area (Å²) in [5, 5.41) is 4.90. The van der Waals surface area contributed by atoms with Crippen LogP contribution in [0.25, 0.3) is 10.2 Å². The van der Waals surface area contributed by atoms with Crippen LogP contribution in [-0.2, 0) is 14.4 Å². The average Bonchev–Trinajstić information content (AvgIpc) is 2.92. The van der Waals surface area contributed by atoms with Crippen LogP contribution in [0.3, 0.4) is 0 Å². The monoisotopic (exact) mass is 434 g/mol. The number of nitrogens with zero attached hydrogens (tertiary/aromatic N) is 2. The van der Waals surface area contributed by atoms with Crippen molar-refractivity contribution in [1.82, 2.24) is 4.98 Å². The number of halogens is 3. The van der Waals surface area contributed by atoms with Crippen LogP contribution in [0.1, 0.15) is 10.6 Å². The van der Waals surface area contributed by atoms with E-state index in [1.54, 1.807) is 0 Å². The van der Waals surface area contributed by atoms with Crippen LogP contribution in [0.4, 0.5) is 0 Å². The topological polar surface area (TPSA) is 68.6 Å². The molecule has 1 heterocycles. The van der Waals surface area contributed by atoms with E-state index >= 15 is 0 Å². The molecule has 130 valence electrons. The normalized spacial score (nSPS) is 12.6. The number of thiazole rings is 1. The van der Waals surface area contributed by atoms with Crippen LogP contribution in [0.15, 0.2) is 41.6 Å². The van der Waals surface area contributed by atoms with Crippen LogP contribution >= 0.6 is 46.1 Å². The molecule has 0 atom stereocenters. The van der Waals surface area contributed by atoms with Gasteiger partial charge in [-0.2, -0.15) is 8.42 Å². The van der Waals surface area contributed by atoms with Crippen LogP contribution in [0.2, 0.25) is 15.1 Å². The average molecular weight is 436 g/mol. The lowest BCUT2D eigenvalue weighted by Crippen LogP contribution is -2.08. The fourth-order valence-electron chi connectivity index (χ4n) is 2.04. The second-order valence-electron chi connectivity index (χ2n) is 4.95. The number of fused-ring (bicyclic) bond motifs is 1. The van der Waals surface area contributed by atoms with Gasteiger partial charge in [-0.25, -0.2) is 4.98 Å². The van der Waals surface area contributed by atoms with E-state index in [-0.39, 0.29) is 21.3 Å². The second kappa shape index (κ2) is 7.09. The molecule has 0 aliphatic rings. The molecule has 3 rings (SSSR count). The van der Waals surface area contributed by atoms with Crippen molar-refractivity contribution in [3.8, 4) is 0 Å². The third-order valence-electron chi connectivity index (χ3n) is 3.00. The summed E-state index contributed by atoms with van der Waals surface area (Å²) in [6, 6.07) is 10.4. The molecule has 5 nitrogen and oxygen atoms in total. The lowest BCUT2D eigenvalue weighted by atomic mass is 10.1. The highest BCUT2D eigenvalue weighted by Gasteiger charge is 2.21. The molecular formula is C15H9Cl3N2O3S2. The van der Waals surface area contributed by atoms with Crippen molar-refractivity contribution in [2.24, 2.45) is 5.16 Å². The number of hydrogen-bond donors (Lipinski definition) is 0. The zero-order valence-corrected chi connectivity index (χ0v) is 16.4. The molecule has 0 radical (unpaired) electrons. The number of hydrogen-bond acceptors (Lipinski definition) is 6. The lowest BCUT2D eigenvalue weighted by molar-refractivity contribution is 0.343. The Morgan fingerprint density at radius 2 is 1.80 bits per heavy atom. The molecule has 0 unspecified atom stereocenters. The fraction of sp³-hybridized carbons (Fsp3) is 0.0667. The molecule has 0 N–H and O–H groups in total. The van der Waals surface area contributed by atoms with Crippen LogP contribution in [0.5, 0.6) is 0 Å². The third kappa shape index (κ3) is 4.24. The quantitative estimate of drug-likeness (QED) is 0.428. The summed E-state index contributed by atoms with van der Waals surface area (Å²) in [4.78, 5) is 4.46. The van der Waals surface area contributed by atoms with Gasteiger partial charge in [-0.05, 0) is 24.3 Å². The zero-order chi connectivity index (χ0) is 18.2. The summed E-state index contributed by atoms with van der Waals surface area (Å²) in [5.41, 5.74) is 1.13. The smallest absolute Gasteiger partial charge is 0.268 e. The van der Waals surface area contributed by atoms with E-state index < -0.39 is 10.1 Å². The molecule has 1 aromatic heterocycles. The van der Waals surface area contributed by atoms with E-state index in [1.165, 1.54) is 23.5 Å². The SMILES string of the molecule is CS(=O)(=O)O/N=C(/c1nc2ccccc2s1)c1c(Cl)cc(Cl)cc1Cl. The second-order valence-corrected chi connectivity index (χ2v) is 8.79. The maximum Gasteiger partial charge on any atom is 0.325 e. The predicted molar refractivity (Wildman–Crippen MR) is 103 cm³/mol. The first kappa shape index (κ1) is 18.4. The summed E-state index contributed by atoms with van der Waals surface area (Å²) >= 11 is 19.7. The Morgan fingerprint density at radius 1 is 1.16 bits per heavy atom. The Morgan fingerprint density at radius 3 is 2.40 bits per heavy atom. The van der Waals surface area contributed by atoms with Crippen molar-refractivity contribution >= 4 is 72.2 Å². The Bertz CT molecular complexity index is 1040. The van der Waals surface area contributed by atoms with E-state index in [9.17, 15) is 8.42 Å². The minimum Gasteiger partial charge on any atom is -0.268 e. The Hall–Kier alpha value is -1.38. The largest absolute Gasteiger partial charge is 0.325 e.